The number of carbonyl (C=O) groups excluding carboxylic acids is 1. The zero-order valence-electron chi connectivity index (χ0n) is 17.8. The van der Waals surface area contributed by atoms with E-state index in [1.165, 1.54) is 11.0 Å². The molecular formula is C24H26FN3O3. The van der Waals surface area contributed by atoms with E-state index in [2.05, 4.69) is 4.99 Å². The Labute approximate surface area is 180 Å². The average Bonchev–Trinajstić information content (AvgIpc) is 2.98. The summed E-state index contributed by atoms with van der Waals surface area (Å²) in [6.45, 7) is 3.11. The lowest BCUT2D eigenvalue weighted by atomic mass is 9.74. The number of aryl methyl sites for hydroxylation is 1. The van der Waals surface area contributed by atoms with Crippen LogP contribution in [0.5, 0.6) is 5.75 Å². The van der Waals surface area contributed by atoms with E-state index >= 15 is 0 Å². The SMILES string of the molecule is CCc1ccc(F)c(-c2ccc3c(c2)C2(CC4(CCCOC4)O3)N=C(N)N(C)C2=O)c1. The number of likely N-dealkylation sites (N-methyl/N-ethyl adjacent to an activating group) is 1. The van der Waals surface area contributed by atoms with Crippen molar-refractivity contribution in [3.8, 4) is 16.9 Å². The molecule has 162 valence electrons. The Morgan fingerprint density at radius 1 is 1.26 bits per heavy atom. The highest BCUT2D eigenvalue weighted by atomic mass is 19.1. The molecule has 0 saturated carbocycles. The highest BCUT2D eigenvalue weighted by Gasteiger charge is 2.58. The molecule has 2 unspecified atom stereocenters. The molecule has 0 radical (unpaired) electrons. The maximum Gasteiger partial charge on any atom is 0.261 e. The number of amides is 1. The minimum Gasteiger partial charge on any atom is -0.484 e. The molecule has 2 spiro atoms. The summed E-state index contributed by atoms with van der Waals surface area (Å²) < 4.78 is 26.9. The lowest BCUT2D eigenvalue weighted by Gasteiger charge is -2.46. The molecule has 6 nitrogen and oxygen atoms in total. The maximum atomic E-state index is 14.7. The van der Waals surface area contributed by atoms with E-state index in [0.29, 0.717) is 42.1 Å². The second kappa shape index (κ2) is 7.05. The Hall–Kier alpha value is -2.93. The predicted octanol–water partition coefficient (Wildman–Crippen LogP) is 3.37. The van der Waals surface area contributed by atoms with Crippen molar-refractivity contribution in [1.82, 2.24) is 4.90 Å². The van der Waals surface area contributed by atoms with Gasteiger partial charge in [0.2, 0.25) is 0 Å². The molecule has 2 aromatic rings. The minimum atomic E-state index is -1.19. The van der Waals surface area contributed by atoms with Crippen molar-refractivity contribution < 1.29 is 18.7 Å². The lowest BCUT2D eigenvalue weighted by Crippen LogP contribution is -2.55. The third kappa shape index (κ3) is 3.02. The third-order valence-electron chi connectivity index (χ3n) is 6.67. The van der Waals surface area contributed by atoms with Crippen molar-refractivity contribution in [2.45, 2.75) is 43.7 Å². The first kappa shape index (κ1) is 20.0. The van der Waals surface area contributed by atoms with Gasteiger partial charge in [-0.05, 0) is 54.7 Å². The summed E-state index contributed by atoms with van der Waals surface area (Å²) in [5, 5.41) is 0. The molecule has 0 bridgehead atoms. The van der Waals surface area contributed by atoms with Crippen LogP contribution < -0.4 is 10.5 Å². The van der Waals surface area contributed by atoms with Crippen molar-refractivity contribution in [2.24, 2.45) is 10.7 Å². The average molecular weight is 423 g/mol. The molecule has 1 saturated heterocycles. The normalized spacial score (nSPS) is 27.4. The van der Waals surface area contributed by atoms with Gasteiger partial charge in [-0.3, -0.25) is 9.69 Å². The van der Waals surface area contributed by atoms with Crippen LogP contribution in [0, 0.1) is 5.82 Å². The van der Waals surface area contributed by atoms with Gasteiger partial charge in [-0.25, -0.2) is 9.38 Å². The van der Waals surface area contributed by atoms with Gasteiger partial charge in [-0.15, -0.1) is 0 Å². The molecular weight excluding hydrogens is 397 g/mol. The summed E-state index contributed by atoms with van der Waals surface area (Å²) in [7, 11) is 1.63. The fourth-order valence-corrected chi connectivity index (χ4v) is 4.99. The van der Waals surface area contributed by atoms with E-state index < -0.39 is 11.1 Å². The number of hydrogen-bond donors (Lipinski definition) is 1. The van der Waals surface area contributed by atoms with E-state index in [1.807, 2.05) is 31.2 Å². The number of fused-ring (bicyclic) bond motifs is 2. The molecule has 7 heteroatoms. The summed E-state index contributed by atoms with van der Waals surface area (Å²) in [4.78, 5) is 19.5. The predicted molar refractivity (Wildman–Crippen MR) is 115 cm³/mol. The molecule has 3 aliphatic heterocycles. The molecule has 0 aromatic heterocycles. The van der Waals surface area contributed by atoms with Crippen LogP contribution in [0.3, 0.4) is 0 Å². The maximum absolute atomic E-state index is 14.7. The van der Waals surface area contributed by atoms with E-state index in [4.69, 9.17) is 15.2 Å². The van der Waals surface area contributed by atoms with Crippen LogP contribution in [0.15, 0.2) is 41.4 Å². The van der Waals surface area contributed by atoms with Crippen LogP contribution in [-0.2, 0) is 21.5 Å². The summed E-state index contributed by atoms with van der Waals surface area (Å²) in [5.41, 5.74) is 7.10. The van der Waals surface area contributed by atoms with Crippen LogP contribution in [0.2, 0.25) is 0 Å². The number of hydrogen-bond acceptors (Lipinski definition) is 5. The third-order valence-corrected chi connectivity index (χ3v) is 6.67. The van der Waals surface area contributed by atoms with Gasteiger partial charge in [0.05, 0.1) is 6.61 Å². The van der Waals surface area contributed by atoms with Gasteiger partial charge in [0.15, 0.2) is 11.5 Å². The van der Waals surface area contributed by atoms with Gasteiger partial charge in [-0.2, -0.15) is 0 Å². The topological polar surface area (TPSA) is 77.2 Å². The van der Waals surface area contributed by atoms with Gasteiger partial charge >= 0.3 is 0 Å². The summed E-state index contributed by atoms with van der Waals surface area (Å²) in [5.74, 6) is 0.249. The van der Waals surface area contributed by atoms with E-state index in [1.54, 1.807) is 13.1 Å². The summed E-state index contributed by atoms with van der Waals surface area (Å²) in [6, 6.07) is 10.6. The van der Waals surface area contributed by atoms with Gasteiger partial charge in [-0.1, -0.05) is 19.1 Å². The van der Waals surface area contributed by atoms with Crippen LogP contribution in [-0.4, -0.2) is 42.6 Å². The number of rotatable bonds is 2. The van der Waals surface area contributed by atoms with E-state index in [9.17, 15) is 9.18 Å². The number of guanidine groups is 1. The van der Waals surface area contributed by atoms with Crippen molar-refractivity contribution in [2.75, 3.05) is 20.3 Å². The molecule has 1 amide bonds. The van der Waals surface area contributed by atoms with Crippen LogP contribution in [0.4, 0.5) is 4.39 Å². The quantitative estimate of drug-likeness (QED) is 0.804. The van der Waals surface area contributed by atoms with Gasteiger partial charge < -0.3 is 15.2 Å². The number of nitrogens with two attached hydrogens (primary N) is 1. The first-order valence-electron chi connectivity index (χ1n) is 10.7. The number of halogens is 1. The van der Waals surface area contributed by atoms with Crippen molar-refractivity contribution in [3.63, 3.8) is 0 Å². The van der Waals surface area contributed by atoms with Crippen molar-refractivity contribution in [3.05, 3.63) is 53.3 Å². The fourth-order valence-electron chi connectivity index (χ4n) is 4.99. The number of carbonyl (C=O) groups is 1. The second-order valence-electron chi connectivity index (χ2n) is 8.69. The molecule has 2 aromatic carbocycles. The highest BCUT2D eigenvalue weighted by molar-refractivity contribution is 6.07. The Bertz CT molecular complexity index is 1090. The number of benzene rings is 2. The number of ether oxygens (including phenoxy) is 2. The first-order valence-corrected chi connectivity index (χ1v) is 10.7. The minimum absolute atomic E-state index is 0.175. The van der Waals surface area contributed by atoms with Gasteiger partial charge in [0.25, 0.3) is 5.91 Å². The molecule has 31 heavy (non-hydrogen) atoms. The molecule has 2 atom stereocenters. The van der Waals surface area contributed by atoms with Crippen molar-refractivity contribution in [1.29, 1.82) is 0 Å². The Morgan fingerprint density at radius 2 is 2.10 bits per heavy atom. The zero-order valence-corrected chi connectivity index (χ0v) is 17.8. The van der Waals surface area contributed by atoms with Crippen molar-refractivity contribution >= 4 is 11.9 Å². The Kier molecular flexibility index (Phi) is 4.55. The molecule has 5 rings (SSSR count). The largest absolute Gasteiger partial charge is 0.484 e. The Morgan fingerprint density at radius 3 is 2.77 bits per heavy atom. The molecule has 3 heterocycles. The first-order chi connectivity index (χ1) is 14.9. The molecule has 3 aliphatic rings. The number of aliphatic imine (C=N–C) groups is 1. The highest BCUT2D eigenvalue weighted by Crippen LogP contribution is 2.51. The van der Waals surface area contributed by atoms with Crippen LogP contribution >= 0.6 is 0 Å². The van der Waals surface area contributed by atoms with Gasteiger partial charge in [0, 0.05) is 31.2 Å². The monoisotopic (exact) mass is 423 g/mol. The van der Waals surface area contributed by atoms with Crippen LogP contribution in [0.1, 0.15) is 37.3 Å². The molecule has 0 aliphatic carbocycles. The smallest absolute Gasteiger partial charge is 0.261 e. The fraction of sp³-hybridized carbons (Fsp3) is 0.417. The zero-order chi connectivity index (χ0) is 21.8. The van der Waals surface area contributed by atoms with Crippen LogP contribution in [0.25, 0.3) is 11.1 Å². The summed E-state index contributed by atoms with van der Waals surface area (Å²) >= 11 is 0. The molecule has 1 fully saturated rings. The van der Waals surface area contributed by atoms with E-state index in [-0.39, 0.29) is 17.7 Å². The second-order valence-corrected chi connectivity index (χ2v) is 8.69. The number of nitrogens with zero attached hydrogens (tertiary/aromatic N) is 2. The standard InChI is InChI=1S/C24H26FN3O3/c1-3-15-5-7-19(25)17(11-15)16-6-8-20-18(12-16)24(21(29)28(2)22(26)27-24)13-23(31-20)9-4-10-30-14-23/h5-8,11-12H,3-4,9-10,13-14H2,1-2H3,(H2,26,27). The molecule has 2 N–H and O–H groups in total. The lowest BCUT2D eigenvalue weighted by molar-refractivity contribution is -0.139. The Balaban J connectivity index is 1.69. The van der Waals surface area contributed by atoms with E-state index in [0.717, 1.165) is 24.8 Å². The van der Waals surface area contributed by atoms with Gasteiger partial charge in [0.1, 0.15) is 17.2 Å². The summed E-state index contributed by atoms with van der Waals surface area (Å²) in [6.07, 6.45) is 2.77.